The van der Waals surface area contributed by atoms with Crippen LogP contribution >= 0.6 is 0 Å². The van der Waals surface area contributed by atoms with Gasteiger partial charge in [0.1, 0.15) is 24.9 Å². The van der Waals surface area contributed by atoms with E-state index in [0.717, 1.165) is 13.8 Å². The van der Waals surface area contributed by atoms with Gasteiger partial charge in [-0.15, -0.1) is 0 Å². The lowest BCUT2D eigenvalue weighted by atomic mass is 9.97. The number of esters is 6. The van der Waals surface area contributed by atoms with Crippen molar-refractivity contribution in [1.82, 2.24) is 0 Å². The summed E-state index contributed by atoms with van der Waals surface area (Å²) in [5.41, 5.74) is 1.12. The zero-order chi connectivity index (χ0) is 45.6. The minimum atomic E-state index is -1.60. The Morgan fingerprint density at radius 1 is 0.438 bits per heavy atom. The van der Waals surface area contributed by atoms with E-state index < -0.39 is 110 Å². The highest BCUT2D eigenvalue weighted by Gasteiger charge is 2.55. The van der Waals surface area contributed by atoms with E-state index in [4.69, 9.17) is 52.1 Å². The van der Waals surface area contributed by atoms with Crippen molar-refractivity contribution in [1.29, 1.82) is 0 Å². The van der Waals surface area contributed by atoms with Crippen LogP contribution in [0.1, 0.15) is 57.4 Å². The first-order valence-electron chi connectivity index (χ1n) is 20.3. The second kappa shape index (κ2) is 22.7. The maximum absolute atomic E-state index is 13.9. The lowest BCUT2D eigenvalue weighted by Gasteiger charge is -2.46. The fourth-order valence-corrected chi connectivity index (χ4v) is 7.04. The molecule has 0 amide bonds. The van der Waals surface area contributed by atoms with E-state index in [1.807, 2.05) is 6.07 Å². The van der Waals surface area contributed by atoms with Crippen LogP contribution in [-0.4, -0.2) is 118 Å². The third-order valence-corrected chi connectivity index (χ3v) is 9.94. The van der Waals surface area contributed by atoms with Gasteiger partial charge in [0, 0.05) is 27.9 Å². The van der Waals surface area contributed by atoms with Gasteiger partial charge in [0.15, 0.2) is 43.1 Å². The van der Waals surface area contributed by atoms with Crippen molar-refractivity contribution >= 4 is 35.8 Å². The Hall–Kier alpha value is -6.50. The first-order chi connectivity index (χ1) is 30.9. The van der Waals surface area contributed by atoms with Crippen LogP contribution in [0.2, 0.25) is 0 Å². The quantitative estimate of drug-likeness (QED) is 0.103. The summed E-state index contributed by atoms with van der Waals surface area (Å²) < 4.78 is 66.0. The molecule has 17 heteroatoms. The molecule has 2 aliphatic heterocycles. The third-order valence-electron chi connectivity index (χ3n) is 9.94. The second-order valence-corrected chi connectivity index (χ2v) is 14.6. The monoisotopic (exact) mass is 884 g/mol. The normalized spacial score (nSPS) is 25.2. The largest absolute Gasteiger partial charge is 0.463 e. The van der Waals surface area contributed by atoms with Gasteiger partial charge in [-0.25, -0.2) is 14.4 Å². The second-order valence-electron chi connectivity index (χ2n) is 14.6. The van der Waals surface area contributed by atoms with Gasteiger partial charge in [-0.05, 0) is 42.0 Å². The van der Waals surface area contributed by atoms with Gasteiger partial charge in [-0.2, -0.15) is 0 Å². The molecule has 0 aromatic heterocycles. The Morgan fingerprint density at radius 3 is 1.33 bits per heavy atom. The molecule has 2 heterocycles. The summed E-state index contributed by atoms with van der Waals surface area (Å²) in [4.78, 5) is 78.5. The summed E-state index contributed by atoms with van der Waals surface area (Å²) in [6.07, 6.45) is -14.4. The highest BCUT2D eigenvalue weighted by Crippen LogP contribution is 2.34. The van der Waals surface area contributed by atoms with Crippen LogP contribution in [0.3, 0.4) is 0 Å². The first-order valence-corrected chi connectivity index (χ1v) is 20.3. The highest BCUT2D eigenvalue weighted by molar-refractivity contribution is 5.91. The molecule has 64 heavy (non-hydrogen) atoms. The van der Waals surface area contributed by atoms with E-state index >= 15 is 0 Å². The SMILES string of the molecule is CO[C@@H]1O[C@H](CO[C@H]2O[C@H](COC(C)=O)[C@@H](OC(C)=O)[C@H](OC(C)=O)[C@H]2OCc2ccccc2)[C@H](OC(=O)c2ccccc2)[C@H](OC(=O)c2ccccc2)[C@H]1OC(=O)c1ccccc1. The first kappa shape index (κ1) is 47.0. The van der Waals surface area contributed by atoms with Crippen molar-refractivity contribution in [2.45, 2.75) is 88.8 Å². The number of hydrogen-bond donors (Lipinski definition) is 0. The molecule has 10 atom stereocenters. The molecule has 0 N–H and O–H groups in total. The number of carbonyl (C=O) groups excluding carboxylic acids is 6. The Balaban J connectivity index is 1.39. The van der Waals surface area contributed by atoms with Crippen molar-refractivity contribution in [2.75, 3.05) is 20.3 Å². The molecule has 0 radical (unpaired) electrons. The van der Waals surface area contributed by atoms with Crippen LogP contribution < -0.4 is 0 Å². The van der Waals surface area contributed by atoms with E-state index in [2.05, 4.69) is 0 Å². The van der Waals surface area contributed by atoms with E-state index in [1.165, 1.54) is 50.4 Å². The predicted octanol–water partition coefficient (Wildman–Crippen LogP) is 4.79. The average molecular weight is 885 g/mol. The molecular weight excluding hydrogens is 836 g/mol. The van der Waals surface area contributed by atoms with Gasteiger partial charge in [0.05, 0.1) is 29.9 Å². The van der Waals surface area contributed by atoms with E-state index in [0.29, 0.717) is 5.56 Å². The minimum absolute atomic E-state index is 0.0666. The Bertz CT molecular complexity index is 2170. The number of hydrogen-bond acceptors (Lipinski definition) is 17. The molecule has 0 bridgehead atoms. The summed E-state index contributed by atoms with van der Waals surface area (Å²) in [5.74, 6) is -4.76. The summed E-state index contributed by atoms with van der Waals surface area (Å²) >= 11 is 0. The lowest BCUT2D eigenvalue weighted by Crippen LogP contribution is -2.64. The van der Waals surface area contributed by atoms with Crippen LogP contribution in [0.15, 0.2) is 121 Å². The maximum Gasteiger partial charge on any atom is 0.338 e. The van der Waals surface area contributed by atoms with Crippen LogP contribution in [0.5, 0.6) is 0 Å². The van der Waals surface area contributed by atoms with E-state index in [9.17, 15) is 28.8 Å². The van der Waals surface area contributed by atoms with Crippen LogP contribution in [-0.2, 0) is 73.1 Å². The van der Waals surface area contributed by atoms with Crippen molar-refractivity contribution < 1.29 is 80.9 Å². The fourth-order valence-electron chi connectivity index (χ4n) is 7.04. The highest BCUT2D eigenvalue weighted by atomic mass is 16.8. The number of rotatable bonds is 17. The molecule has 0 unspecified atom stereocenters. The number of ether oxygens (including phenoxy) is 11. The van der Waals surface area contributed by atoms with Gasteiger partial charge >= 0.3 is 35.8 Å². The van der Waals surface area contributed by atoms with Crippen LogP contribution in [0, 0.1) is 0 Å². The molecule has 0 aliphatic carbocycles. The van der Waals surface area contributed by atoms with Crippen molar-refractivity contribution in [3.8, 4) is 0 Å². The summed E-state index contributed by atoms with van der Waals surface area (Å²) in [7, 11) is 1.27. The molecule has 338 valence electrons. The summed E-state index contributed by atoms with van der Waals surface area (Å²) in [6, 6.07) is 32.9. The average Bonchev–Trinajstić information content (AvgIpc) is 3.30. The predicted molar refractivity (Wildman–Crippen MR) is 220 cm³/mol. The third kappa shape index (κ3) is 12.6. The summed E-state index contributed by atoms with van der Waals surface area (Å²) in [6.45, 7) is 2.38. The van der Waals surface area contributed by atoms with Gasteiger partial charge in [0.2, 0.25) is 0 Å². The minimum Gasteiger partial charge on any atom is -0.463 e. The molecule has 2 saturated heterocycles. The molecule has 0 saturated carbocycles. The van der Waals surface area contributed by atoms with Crippen molar-refractivity contribution in [2.24, 2.45) is 0 Å². The smallest absolute Gasteiger partial charge is 0.338 e. The Morgan fingerprint density at radius 2 is 0.844 bits per heavy atom. The van der Waals surface area contributed by atoms with Gasteiger partial charge in [-0.3, -0.25) is 14.4 Å². The Labute approximate surface area is 368 Å². The van der Waals surface area contributed by atoms with Crippen LogP contribution in [0.25, 0.3) is 0 Å². The Kier molecular flexibility index (Phi) is 16.7. The number of carbonyl (C=O) groups is 6. The molecule has 2 aliphatic rings. The van der Waals surface area contributed by atoms with Gasteiger partial charge in [-0.1, -0.05) is 84.9 Å². The van der Waals surface area contributed by atoms with Gasteiger partial charge in [0.25, 0.3) is 0 Å². The molecule has 17 nitrogen and oxygen atoms in total. The van der Waals surface area contributed by atoms with Crippen molar-refractivity contribution in [3.63, 3.8) is 0 Å². The van der Waals surface area contributed by atoms with E-state index in [-0.39, 0.29) is 23.3 Å². The zero-order valence-electron chi connectivity index (χ0n) is 35.4. The number of methoxy groups -OCH3 is 1. The van der Waals surface area contributed by atoms with Crippen molar-refractivity contribution in [3.05, 3.63) is 144 Å². The molecule has 6 rings (SSSR count). The molecule has 2 fully saturated rings. The summed E-state index contributed by atoms with van der Waals surface area (Å²) in [5, 5.41) is 0. The molecular formula is C47H48O17. The zero-order valence-corrected chi connectivity index (χ0v) is 35.4. The van der Waals surface area contributed by atoms with Gasteiger partial charge < -0.3 is 52.1 Å². The standard InChI is InChI=1S/C47H48O17/c1-28(48)55-26-35-37(58-29(2)49)39(59-30(3)50)41(56-25-31-17-9-5-10-18-31)47(61-35)57-27-36-38(62-43(51)32-19-11-6-12-20-32)40(63-44(52)33-21-13-7-14-22-33)42(46(54-4)60-36)64-45(53)34-23-15-8-16-24-34/h5-24,35-42,46-47H,25-27H2,1-4H3/t35-,36-,37-,38+,39+,40+,41-,42-,46-,47+/m1/s1. The molecule has 4 aromatic rings. The molecule has 0 spiro atoms. The fraction of sp³-hybridized carbons (Fsp3) is 0.362. The topological polar surface area (TPSA) is 204 Å². The number of benzene rings is 4. The molecule has 4 aromatic carbocycles. The van der Waals surface area contributed by atoms with E-state index in [1.54, 1.807) is 78.9 Å². The lowest BCUT2D eigenvalue weighted by molar-refractivity contribution is -0.334. The maximum atomic E-state index is 13.9. The van der Waals surface area contributed by atoms with Crippen LogP contribution in [0.4, 0.5) is 0 Å².